The van der Waals surface area contributed by atoms with E-state index in [9.17, 15) is 13.2 Å². The predicted octanol–water partition coefficient (Wildman–Crippen LogP) is 1.44. The molecule has 0 N–H and O–H groups in total. The first-order valence-corrected chi connectivity index (χ1v) is 6.55. The quantitative estimate of drug-likeness (QED) is 0.714. The lowest BCUT2D eigenvalue weighted by Gasteiger charge is -2.05. The third-order valence-electron chi connectivity index (χ3n) is 1.98. The molecule has 0 aliphatic carbocycles. The van der Waals surface area contributed by atoms with Crippen molar-refractivity contribution >= 4 is 16.1 Å². The molecular formula is C11H14O3S. The van der Waals surface area contributed by atoms with Crippen LogP contribution in [0.25, 0.3) is 0 Å². The van der Waals surface area contributed by atoms with Crippen molar-refractivity contribution in [1.82, 2.24) is 0 Å². The van der Waals surface area contributed by atoms with Gasteiger partial charge in [0, 0.05) is 5.92 Å². The van der Waals surface area contributed by atoms with Crippen molar-refractivity contribution in [2.75, 3.05) is 5.75 Å². The summed E-state index contributed by atoms with van der Waals surface area (Å²) in [4.78, 5) is 10.4. The van der Waals surface area contributed by atoms with Crippen LogP contribution in [0.5, 0.6) is 0 Å². The fraction of sp³-hybridized carbons (Fsp3) is 0.364. The summed E-state index contributed by atoms with van der Waals surface area (Å²) in [5, 5.41) is 0. The van der Waals surface area contributed by atoms with Crippen LogP contribution in [-0.4, -0.2) is 20.5 Å². The Bertz CT molecular complexity index is 409. The van der Waals surface area contributed by atoms with E-state index in [0.29, 0.717) is 6.29 Å². The van der Waals surface area contributed by atoms with Gasteiger partial charge in [0.15, 0.2) is 9.84 Å². The Balaban J connectivity index is 2.69. The van der Waals surface area contributed by atoms with Gasteiger partial charge in [0.1, 0.15) is 6.29 Å². The monoisotopic (exact) mass is 226 g/mol. The molecule has 0 aliphatic rings. The number of hydrogen-bond acceptors (Lipinski definition) is 3. The van der Waals surface area contributed by atoms with Crippen molar-refractivity contribution < 1.29 is 13.2 Å². The van der Waals surface area contributed by atoms with Gasteiger partial charge in [-0.15, -0.1) is 0 Å². The van der Waals surface area contributed by atoms with E-state index in [-0.39, 0.29) is 11.5 Å². The molecular weight excluding hydrogens is 212 g/mol. The third-order valence-corrected chi connectivity index (χ3v) is 3.79. The zero-order chi connectivity index (χ0) is 11.3. The van der Waals surface area contributed by atoms with Gasteiger partial charge in [-0.3, -0.25) is 0 Å². The normalized spacial score (nSPS) is 13.4. The molecule has 1 rings (SSSR count). The molecule has 0 bridgehead atoms. The summed E-state index contributed by atoms with van der Waals surface area (Å²) in [5.41, 5.74) is 0.760. The number of rotatable bonds is 5. The summed E-state index contributed by atoms with van der Waals surface area (Å²) in [6, 6.07) is 8.97. The Morgan fingerprint density at radius 3 is 2.40 bits per heavy atom. The van der Waals surface area contributed by atoms with Crippen LogP contribution < -0.4 is 0 Å². The summed E-state index contributed by atoms with van der Waals surface area (Å²) in [5.74, 6) is -0.504. The minimum absolute atomic E-state index is 0.00597. The lowest BCUT2D eigenvalue weighted by Crippen LogP contribution is -2.16. The van der Waals surface area contributed by atoms with Crippen molar-refractivity contribution in [3.63, 3.8) is 0 Å². The molecule has 0 spiro atoms. The van der Waals surface area contributed by atoms with Gasteiger partial charge < -0.3 is 4.79 Å². The zero-order valence-electron chi connectivity index (χ0n) is 8.59. The number of aldehydes is 1. The van der Waals surface area contributed by atoms with E-state index in [1.807, 2.05) is 6.07 Å². The maximum Gasteiger partial charge on any atom is 0.155 e. The smallest absolute Gasteiger partial charge is 0.155 e. The number of carbonyl (C=O) groups excluding carboxylic acids is 1. The molecule has 1 aromatic rings. The summed E-state index contributed by atoms with van der Waals surface area (Å²) in [6.45, 7) is 1.61. The third kappa shape index (κ3) is 4.25. The Morgan fingerprint density at radius 2 is 1.87 bits per heavy atom. The number of benzene rings is 1. The minimum atomic E-state index is -3.18. The maximum atomic E-state index is 11.6. The largest absolute Gasteiger partial charge is 0.303 e. The van der Waals surface area contributed by atoms with Crippen LogP contribution in [0.1, 0.15) is 12.5 Å². The van der Waals surface area contributed by atoms with Crippen LogP contribution in [-0.2, 0) is 20.4 Å². The number of hydrogen-bond donors (Lipinski definition) is 0. The first-order valence-electron chi connectivity index (χ1n) is 4.73. The number of sulfone groups is 1. The maximum absolute atomic E-state index is 11.6. The van der Waals surface area contributed by atoms with Crippen LogP contribution in [0, 0.1) is 5.92 Å². The van der Waals surface area contributed by atoms with E-state index in [0.717, 1.165) is 5.56 Å². The number of carbonyl (C=O) groups is 1. The Morgan fingerprint density at radius 1 is 1.27 bits per heavy atom. The molecule has 3 nitrogen and oxygen atoms in total. The molecule has 0 amide bonds. The van der Waals surface area contributed by atoms with E-state index >= 15 is 0 Å². The van der Waals surface area contributed by atoms with E-state index in [1.54, 1.807) is 31.2 Å². The van der Waals surface area contributed by atoms with Gasteiger partial charge in [0.05, 0.1) is 11.5 Å². The highest BCUT2D eigenvalue weighted by Gasteiger charge is 2.15. The molecule has 1 aromatic carbocycles. The average molecular weight is 226 g/mol. The molecule has 82 valence electrons. The Kier molecular flexibility index (Phi) is 4.03. The molecule has 0 fully saturated rings. The van der Waals surface area contributed by atoms with E-state index in [2.05, 4.69) is 0 Å². The predicted molar refractivity (Wildman–Crippen MR) is 59.2 cm³/mol. The lowest BCUT2D eigenvalue weighted by molar-refractivity contribution is -0.110. The van der Waals surface area contributed by atoms with Gasteiger partial charge in [0.2, 0.25) is 0 Å². The van der Waals surface area contributed by atoms with Crippen molar-refractivity contribution in [1.29, 1.82) is 0 Å². The second-order valence-corrected chi connectivity index (χ2v) is 5.76. The Hall–Kier alpha value is -1.16. The van der Waals surface area contributed by atoms with Gasteiger partial charge in [-0.25, -0.2) is 8.42 Å². The summed E-state index contributed by atoms with van der Waals surface area (Å²) < 4.78 is 23.2. The van der Waals surface area contributed by atoms with Crippen LogP contribution in [0.4, 0.5) is 0 Å². The van der Waals surface area contributed by atoms with Crippen LogP contribution in [0.3, 0.4) is 0 Å². The lowest BCUT2D eigenvalue weighted by atomic mass is 10.2. The fourth-order valence-corrected chi connectivity index (χ4v) is 3.02. The van der Waals surface area contributed by atoms with Crippen molar-refractivity contribution in [2.45, 2.75) is 12.7 Å². The molecule has 0 aromatic heterocycles. The highest BCUT2D eigenvalue weighted by atomic mass is 32.2. The van der Waals surface area contributed by atoms with E-state index in [4.69, 9.17) is 0 Å². The second-order valence-electron chi connectivity index (χ2n) is 3.65. The molecule has 0 radical (unpaired) electrons. The highest BCUT2D eigenvalue weighted by molar-refractivity contribution is 7.90. The zero-order valence-corrected chi connectivity index (χ0v) is 9.41. The molecule has 0 saturated carbocycles. The standard InChI is InChI=1S/C11H14O3S/c1-10(7-12)8-15(13,14)9-11-5-3-2-4-6-11/h2-7,10H,8-9H2,1H3/t10-/m1/s1. The molecule has 15 heavy (non-hydrogen) atoms. The van der Waals surface area contributed by atoms with Gasteiger partial charge in [-0.2, -0.15) is 0 Å². The van der Waals surface area contributed by atoms with Crippen LogP contribution in [0.2, 0.25) is 0 Å². The molecule has 0 heterocycles. The van der Waals surface area contributed by atoms with Gasteiger partial charge >= 0.3 is 0 Å². The van der Waals surface area contributed by atoms with Crippen LogP contribution in [0.15, 0.2) is 30.3 Å². The van der Waals surface area contributed by atoms with Gasteiger partial charge in [-0.05, 0) is 5.56 Å². The first kappa shape index (κ1) is 11.9. The van der Waals surface area contributed by atoms with E-state index < -0.39 is 15.8 Å². The minimum Gasteiger partial charge on any atom is -0.303 e. The Labute approximate surface area is 90.0 Å². The van der Waals surface area contributed by atoms with Crippen LogP contribution >= 0.6 is 0 Å². The van der Waals surface area contributed by atoms with Crippen molar-refractivity contribution in [3.8, 4) is 0 Å². The van der Waals surface area contributed by atoms with E-state index in [1.165, 1.54) is 0 Å². The van der Waals surface area contributed by atoms with Gasteiger partial charge in [-0.1, -0.05) is 37.3 Å². The topological polar surface area (TPSA) is 51.2 Å². The second kappa shape index (κ2) is 5.07. The van der Waals surface area contributed by atoms with Crippen molar-refractivity contribution in [3.05, 3.63) is 35.9 Å². The fourth-order valence-electron chi connectivity index (χ4n) is 1.33. The average Bonchev–Trinajstić information content (AvgIpc) is 2.17. The summed E-state index contributed by atoms with van der Waals surface area (Å²) in [6.07, 6.45) is 0.669. The highest BCUT2D eigenvalue weighted by Crippen LogP contribution is 2.08. The van der Waals surface area contributed by atoms with Crippen molar-refractivity contribution in [2.24, 2.45) is 5.92 Å². The molecule has 4 heteroatoms. The summed E-state index contributed by atoms with van der Waals surface area (Å²) >= 11 is 0. The summed E-state index contributed by atoms with van der Waals surface area (Å²) in [7, 11) is -3.18. The molecule has 0 aliphatic heterocycles. The molecule has 0 unspecified atom stereocenters. The molecule has 0 saturated heterocycles. The molecule has 1 atom stereocenters. The van der Waals surface area contributed by atoms with Gasteiger partial charge in [0.25, 0.3) is 0 Å². The SMILES string of the molecule is C[C@H](C=O)CS(=O)(=O)Cc1ccccc1. The first-order chi connectivity index (χ1) is 7.03.